The van der Waals surface area contributed by atoms with E-state index in [1.807, 2.05) is 24.4 Å². The van der Waals surface area contributed by atoms with E-state index in [0.29, 0.717) is 11.5 Å². The zero-order valence-corrected chi connectivity index (χ0v) is 10.0. The number of hydrogen-bond donors (Lipinski definition) is 1. The van der Waals surface area contributed by atoms with Crippen molar-refractivity contribution in [2.24, 2.45) is 5.18 Å². The van der Waals surface area contributed by atoms with E-state index in [1.165, 1.54) is 11.5 Å². The molecule has 1 N–H and O–H groups in total. The van der Waals surface area contributed by atoms with Crippen LogP contribution in [0.2, 0.25) is 0 Å². The molecule has 88 valence electrons. The fourth-order valence-corrected chi connectivity index (χ4v) is 2.32. The summed E-state index contributed by atoms with van der Waals surface area (Å²) in [4.78, 5) is 14.6. The lowest BCUT2D eigenvalue weighted by Crippen LogP contribution is -1.92. The number of fused-ring (bicyclic) bond motifs is 1. The number of aromatic nitrogens is 2. The van der Waals surface area contributed by atoms with Gasteiger partial charge in [-0.1, -0.05) is 0 Å². The van der Waals surface area contributed by atoms with Crippen LogP contribution in [0.4, 0.5) is 17.2 Å². The van der Waals surface area contributed by atoms with Crippen molar-refractivity contribution in [2.45, 2.75) is 0 Å². The number of nitrogens with one attached hydrogen (secondary N) is 1. The molecule has 18 heavy (non-hydrogen) atoms. The minimum atomic E-state index is 0.353. The quantitative estimate of drug-likeness (QED) is 0.723. The lowest BCUT2D eigenvalue weighted by atomic mass is 10.2. The van der Waals surface area contributed by atoms with Gasteiger partial charge in [0.15, 0.2) is 0 Å². The molecular formula is C12H8N4OS. The maximum absolute atomic E-state index is 10.4. The molecule has 0 saturated carbocycles. The molecule has 3 rings (SSSR count). The first kappa shape index (κ1) is 10.8. The third-order valence-corrected chi connectivity index (χ3v) is 3.24. The SMILES string of the molecule is O=Nc1ccnc(Nc2ccc3cnsc3c2)c1. The summed E-state index contributed by atoms with van der Waals surface area (Å²) in [5.41, 5.74) is 1.26. The smallest absolute Gasteiger partial charge is 0.132 e. The Hall–Kier alpha value is -2.34. The number of nitrogens with zero attached hydrogens (tertiary/aromatic N) is 3. The van der Waals surface area contributed by atoms with Crippen molar-refractivity contribution in [3.63, 3.8) is 0 Å². The van der Waals surface area contributed by atoms with Gasteiger partial charge in [-0.2, -0.15) is 4.37 Å². The maximum atomic E-state index is 10.4. The van der Waals surface area contributed by atoms with Gasteiger partial charge in [-0.15, -0.1) is 4.91 Å². The lowest BCUT2D eigenvalue weighted by molar-refractivity contribution is 1.29. The van der Waals surface area contributed by atoms with Crippen LogP contribution in [0, 0.1) is 4.91 Å². The molecule has 0 atom stereocenters. The van der Waals surface area contributed by atoms with Gasteiger partial charge in [-0.3, -0.25) is 0 Å². The first-order chi connectivity index (χ1) is 8.85. The fraction of sp³-hybridized carbons (Fsp3) is 0. The second-order valence-electron chi connectivity index (χ2n) is 3.69. The van der Waals surface area contributed by atoms with Crippen molar-refractivity contribution < 1.29 is 0 Å². The highest BCUT2D eigenvalue weighted by Crippen LogP contribution is 2.25. The second kappa shape index (κ2) is 4.50. The molecule has 2 heterocycles. The van der Waals surface area contributed by atoms with Crippen molar-refractivity contribution in [1.82, 2.24) is 9.36 Å². The molecule has 0 bridgehead atoms. The summed E-state index contributed by atoms with van der Waals surface area (Å²) < 4.78 is 5.22. The van der Waals surface area contributed by atoms with E-state index in [1.54, 1.807) is 18.3 Å². The van der Waals surface area contributed by atoms with Crippen LogP contribution < -0.4 is 5.32 Å². The number of pyridine rings is 1. The Morgan fingerprint density at radius 3 is 3.06 bits per heavy atom. The Morgan fingerprint density at radius 2 is 2.17 bits per heavy atom. The van der Waals surface area contributed by atoms with Crippen molar-refractivity contribution in [3.05, 3.63) is 47.6 Å². The molecule has 5 nitrogen and oxygen atoms in total. The molecule has 0 aliphatic carbocycles. The van der Waals surface area contributed by atoms with Gasteiger partial charge >= 0.3 is 0 Å². The molecule has 1 aromatic carbocycles. The van der Waals surface area contributed by atoms with Crippen LogP contribution in [0.15, 0.2) is 47.9 Å². The summed E-state index contributed by atoms with van der Waals surface area (Å²) in [6, 6.07) is 9.09. The third-order valence-electron chi connectivity index (χ3n) is 2.48. The standard InChI is InChI=1S/C12H8N4OS/c17-16-10-3-4-13-12(6-10)15-9-2-1-8-7-14-18-11(8)5-9/h1-7H,(H,13,15). The van der Waals surface area contributed by atoms with Crippen molar-refractivity contribution in [2.75, 3.05) is 5.32 Å². The minimum Gasteiger partial charge on any atom is -0.340 e. The van der Waals surface area contributed by atoms with Crippen molar-refractivity contribution in [3.8, 4) is 0 Å². The summed E-state index contributed by atoms with van der Waals surface area (Å²) in [5, 5.41) is 7.12. The van der Waals surface area contributed by atoms with Crippen LogP contribution in [-0.4, -0.2) is 9.36 Å². The van der Waals surface area contributed by atoms with E-state index in [0.717, 1.165) is 15.8 Å². The van der Waals surface area contributed by atoms with E-state index in [9.17, 15) is 4.91 Å². The minimum absolute atomic E-state index is 0.353. The Morgan fingerprint density at radius 1 is 1.22 bits per heavy atom. The molecule has 0 saturated heterocycles. The molecule has 2 aromatic heterocycles. The van der Waals surface area contributed by atoms with Crippen LogP contribution in [0.1, 0.15) is 0 Å². The van der Waals surface area contributed by atoms with Gasteiger partial charge in [0.05, 0.1) is 4.70 Å². The topological polar surface area (TPSA) is 67.2 Å². The summed E-state index contributed by atoms with van der Waals surface area (Å²) in [6.45, 7) is 0. The van der Waals surface area contributed by atoms with Crippen molar-refractivity contribution in [1.29, 1.82) is 0 Å². The Labute approximate surface area is 107 Å². The molecule has 0 aliphatic rings. The molecule has 0 aliphatic heterocycles. The van der Waals surface area contributed by atoms with E-state index in [-0.39, 0.29) is 0 Å². The largest absolute Gasteiger partial charge is 0.340 e. The highest BCUT2D eigenvalue weighted by atomic mass is 32.1. The first-order valence-corrected chi connectivity index (χ1v) is 6.03. The number of hydrogen-bond acceptors (Lipinski definition) is 6. The van der Waals surface area contributed by atoms with Crippen LogP contribution in [-0.2, 0) is 0 Å². The van der Waals surface area contributed by atoms with E-state index in [4.69, 9.17) is 0 Å². The fourth-order valence-electron chi connectivity index (χ4n) is 1.63. The van der Waals surface area contributed by atoms with Crippen LogP contribution in [0.5, 0.6) is 0 Å². The molecule has 6 heteroatoms. The lowest BCUT2D eigenvalue weighted by Gasteiger charge is -2.05. The van der Waals surface area contributed by atoms with Gasteiger partial charge < -0.3 is 5.32 Å². The molecular weight excluding hydrogens is 248 g/mol. The molecule has 0 spiro atoms. The number of rotatable bonds is 3. The van der Waals surface area contributed by atoms with Gasteiger partial charge in [-0.05, 0) is 41.0 Å². The van der Waals surface area contributed by atoms with Gasteiger partial charge in [0.25, 0.3) is 0 Å². The third kappa shape index (κ3) is 2.05. The average Bonchev–Trinajstić information content (AvgIpc) is 2.86. The summed E-state index contributed by atoms with van der Waals surface area (Å²) in [5.74, 6) is 0.593. The summed E-state index contributed by atoms with van der Waals surface area (Å²) in [7, 11) is 0. The Bertz CT molecular complexity index is 710. The normalized spacial score (nSPS) is 10.4. The number of nitroso groups, excluding NO2 is 1. The van der Waals surface area contributed by atoms with Crippen LogP contribution in [0.3, 0.4) is 0 Å². The van der Waals surface area contributed by atoms with Gasteiger partial charge in [-0.25, -0.2) is 4.98 Å². The molecule has 0 radical (unpaired) electrons. The number of anilines is 2. The Balaban J connectivity index is 1.92. The van der Waals surface area contributed by atoms with Crippen LogP contribution in [0.25, 0.3) is 10.1 Å². The Kier molecular flexibility index (Phi) is 2.70. The van der Waals surface area contributed by atoms with E-state index < -0.39 is 0 Å². The average molecular weight is 256 g/mol. The monoisotopic (exact) mass is 256 g/mol. The maximum Gasteiger partial charge on any atom is 0.132 e. The highest BCUT2D eigenvalue weighted by molar-refractivity contribution is 7.13. The zero-order valence-electron chi connectivity index (χ0n) is 9.20. The van der Waals surface area contributed by atoms with Gasteiger partial charge in [0.2, 0.25) is 0 Å². The van der Waals surface area contributed by atoms with Crippen molar-refractivity contribution >= 4 is 38.8 Å². The van der Waals surface area contributed by atoms with Gasteiger partial charge in [0, 0.05) is 29.5 Å². The molecule has 0 amide bonds. The molecule has 0 unspecified atom stereocenters. The number of benzene rings is 1. The zero-order chi connectivity index (χ0) is 12.4. The van der Waals surface area contributed by atoms with E-state index in [2.05, 4.69) is 19.9 Å². The van der Waals surface area contributed by atoms with E-state index >= 15 is 0 Å². The second-order valence-corrected chi connectivity index (χ2v) is 4.53. The summed E-state index contributed by atoms with van der Waals surface area (Å²) >= 11 is 1.44. The van der Waals surface area contributed by atoms with Crippen LogP contribution >= 0.6 is 11.5 Å². The first-order valence-electron chi connectivity index (χ1n) is 5.26. The van der Waals surface area contributed by atoms with Gasteiger partial charge in [0.1, 0.15) is 11.5 Å². The highest BCUT2D eigenvalue weighted by Gasteiger charge is 2.01. The molecule has 0 fully saturated rings. The predicted octanol–water partition coefficient (Wildman–Crippen LogP) is 3.83. The summed E-state index contributed by atoms with van der Waals surface area (Å²) in [6.07, 6.45) is 3.38. The molecule has 3 aromatic rings. The predicted molar refractivity (Wildman–Crippen MR) is 72.6 cm³/mol.